The minimum Gasteiger partial charge on any atom is -0.490 e. The van der Waals surface area contributed by atoms with Crippen molar-refractivity contribution in [2.24, 2.45) is 0 Å². The fourth-order valence-electron chi connectivity index (χ4n) is 1.22. The van der Waals surface area contributed by atoms with Gasteiger partial charge < -0.3 is 4.74 Å². The van der Waals surface area contributed by atoms with E-state index in [9.17, 15) is 8.42 Å². The maximum atomic E-state index is 11.0. The van der Waals surface area contributed by atoms with Gasteiger partial charge in [0.1, 0.15) is 10.6 Å². The van der Waals surface area contributed by atoms with Crippen molar-refractivity contribution >= 4 is 10.7 Å². The minimum atomic E-state index is -2.59. The SMILES string of the molecule is Cc1cccc(OC(C)C)c1[SH](=O)=O. The second-order valence-electron chi connectivity index (χ2n) is 3.35. The van der Waals surface area contributed by atoms with Crippen LogP contribution in [0.1, 0.15) is 19.4 Å². The molecule has 0 N–H and O–H groups in total. The highest BCUT2D eigenvalue weighted by Crippen LogP contribution is 2.24. The van der Waals surface area contributed by atoms with E-state index in [-0.39, 0.29) is 11.0 Å². The van der Waals surface area contributed by atoms with Crippen molar-refractivity contribution in [3.8, 4) is 5.75 Å². The fraction of sp³-hybridized carbons (Fsp3) is 0.400. The predicted octanol–water partition coefficient (Wildman–Crippen LogP) is 1.75. The standard InChI is InChI=1S/C10H14O3S/c1-7(2)13-9-6-4-5-8(3)10(9)14(11)12/h4-7,14H,1-3H3. The van der Waals surface area contributed by atoms with Gasteiger partial charge in [-0.3, -0.25) is 0 Å². The molecular formula is C10H14O3S. The van der Waals surface area contributed by atoms with E-state index in [1.807, 2.05) is 13.8 Å². The lowest BCUT2D eigenvalue weighted by Crippen LogP contribution is -2.07. The monoisotopic (exact) mass is 214 g/mol. The smallest absolute Gasteiger partial charge is 0.172 e. The van der Waals surface area contributed by atoms with Gasteiger partial charge in [-0.2, -0.15) is 0 Å². The molecule has 0 radical (unpaired) electrons. The maximum Gasteiger partial charge on any atom is 0.172 e. The first-order chi connectivity index (χ1) is 6.52. The largest absolute Gasteiger partial charge is 0.490 e. The molecule has 1 rings (SSSR count). The van der Waals surface area contributed by atoms with Gasteiger partial charge in [0.2, 0.25) is 0 Å². The normalized spacial score (nSPS) is 10.9. The first-order valence-corrected chi connectivity index (χ1v) is 5.60. The Bertz CT molecular complexity index is 386. The van der Waals surface area contributed by atoms with Crippen molar-refractivity contribution in [3.05, 3.63) is 23.8 Å². The number of benzene rings is 1. The van der Waals surface area contributed by atoms with Gasteiger partial charge in [0.25, 0.3) is 0 Å². The van der Waals surface area contributed by atoms with E-state index in [2.05, 4.69) is 0 Å². The van der Waals surface area contributed by atoms with Gasteiger partial charge in [0.15, 0.2) is 10.7 Å². The van der Waals surface area contributed by atoms with Crippen LogP contribution in [-0.4, -0.2) is 14.5 Å². The summed E-state index contributed by atoms with van der Waals surface area (Å²) in [6, 6.07) is 5.22. The third-order valence-corrected chi connectivity index (χ3v) is 2.68. The molecular weight excluding hydrogens is 200 g/mol. The second-order valence-corrected chi connectivity index (χ2v) is 4.31. The van der Waals surface area contributed by atoms with Crippen LogP contribution in [0.15, 0.2) is 23.1 Å². The Morgan fingerprint density at radius 2 is 1.93 bits per heavy atom. The van der Waals surface area contributed by atoms with E-state index < -0.39 is 10.7 Å². The Balaban J connectivity index is 3.21. The van der Waals surface area contributed by atoms with Crippen LogP contribution >= 0.6 is 0 Å². The molecule has 3 nitrogen and oxygen atoms in total. The lowest BCUT2D eigenvalue weighted by molar-refractivity contribution is 0.236. The number of hydrogen-bond acceptors (Lipinski definition) is 3. The Morgan fingerprint density at radius 3 is 2.43 bits per heavy atom. The minimum absolute atomic E-state index is 0.0227. The zero-order chi connectivity index (χ0) is 10.7. The predicted molar refractivity (Wildman–Crippen MR) is 55.5 cm³/mol. The average molecular weight is 214 g/mol. The van der Waals surface area contributed by atoms with Crippen LogP contribution in [0, 0.1) is 6.92 Å². The van der Waals surface area contributed by atoms with Crippen LogP contribution < -0.4 is 4.74 Å². The number of aryl methyl sites for hydroxylation is 1. The number of ether oxygens (including phenoxy) is 1. The molecule has 14 heavy (non-hydrogen) atoms. The first-order valence-electron chi connectivity index (χ1n) is 4.43. The zero-order valence-electron chi connectivity index (χ0n) is 8.48. The molecule has 0 bridgehead atoms. The van der Waals surface area contributed by atoms with Crippen molar-refractivity contribution in [3.63, 3.8) is 0 Å². The molecule has 0 amide bonds. The molecule has 0 unspecified atom stereocenters. The molecule has 0 saturated heterocycles. The summed E-state index contributed by atoms with van der Waals surface area (Å²) in [7, 11) is -2.59. The van der Waals surface area contributed by atoms with Crippen LogP contribution in [0.3, 0.4) is 0 Å². The van der Waals surface area contributed by atoms with Gasteiger partial charge >= 0.3 is 0 Å². The molecule has 0 fully saturated rings. The summed E-state index contributed by atoms with van der Waals surface area (Å²) in [6.07, 6.45) is -0.0227. The number of thiol groups is 1. The molecule has 0 aliphatic carbocycles. The summed E-state index contributed by atoms with van der Waals surface area (Å²) in [4.78, 5) is 0.288. The topological polar surface area (TPSA) is 43.4 Å². The summed E-state index contributed by atoms with van der Waals surface area (Å²) in [6.45, 7) is 5.49. The third kappa shape index (κ3) is 2.48. The zero-order valence-corrected chi connectivity index (χ0v) is 9.38. The highest BCUT2D eigenvalue weighted by Gasteiger charge is 2.09. The van der Waals surface area contributed by atoms with E-state index in [0.29, 0.717) is 5.75 Å². The Labute approximate surface area is 85.7 Å². The molecule has 1 aromatic rings. The quantitative estimate of drug-likeness (QED) is 0.780. The molecule has 0 saturated carbocycles. The van der Waals surface area contributed by atoms with E-state index in [0.717, 1.165) is 5.56 Å². The third-order valence-electron chi connectivity index (χ3n) is 1.75. The molecule has 0 aliphatic heterocycles. The van der Waals surface area contributed by atoms with Crippen LogP contribution in [-0.2, 0) is 10.7 Å². The van der Waals surface area contributed by atoms with Gasteiger partial charge in [-0.1, -0.05) is 12.1 Å². The highest BCUT2D eigenvalue weighted by molar-refractivity contribution is 7.72. The van der Waals surface area contributed by atoms with E-state index in [4.69, 9.17) is 4.74 Å². The molecule has 1 aromatic carbocycles. The maximum absolute atomic E-state index is 11.0. The van der Waals surface area contributed by atoms with Crippen LogP contribution in [0.5, 0.6) is 5.75 Å². The molecule has 0 atom stereocenters. The Hall–Kier alpha value is -1.03. The molecule has 4 heteroatoms. The molecule has 0 aliphatic rings. The van der Waals surface area contributed by atoms with Crippen LogP contribution in [0.4, 0.5) is 0 Å². The fourth-order valence-corrected chi connectivity index (χ4v) is 1.88. The van der Waals surface area contributed by atoms with Gasteiger partial charge in [0, 0.05) is 0 Å². The van der Waals surface area contributed by atoms with E-state index in [1.165, 1.54) is 0 Å². The molecule has 78 valence electrons. The first kappa shape index (κ1) is 11.0. The molecule has 0 heterocycles. The van der Waals surface area contributed by atoms with Crippen molar-refractivity contribution in [2.45, 2.75) is 31.8 Å². The highest BCUT2D eigenvalue weighted by atomic mass is 32.2. The van der Waals surface area contributed by atoms with Crippen LogP contribution in [0.25, 0.3) is 0 Å². The molecule has 0 spiro atoms. The van der Waals surface area contributed by atoms with E-state index >= 15 is 0 Å². The summed E-state index contributed by atoms with van der Waals surface area (Å²) in [5.74, 6) is 0.441. The summed E-state index contributed by atoms with van der Waals surface area (Å²) in [5.41, 5.74) is 0.722. The van der Waals surface area contributed by atoms with Gasteiger partial charge in [0.05, 0.1) is 6.10 Å². The van der Waals surface area contributed by atoms with Gasteiger partial charge in [-0.05, 0) is 32.4 Å². The van der Waals surface area contributed by atoms with E-state index in [1.54, 1.807) is 25.1 Å². The summed E-state index contributed by atoms with van der Waals surface area (Å²) < 4.78 is 27.4. The van der Waals surface area contributed by atoms with Crippen molar-refractivity contribution < 1.29 is 13.2 Å². The van der Waals surface area contributed by atoms with Crippen molar-refractivity contribution in [1.29, 1.82) is 0 Å². The van der Waals surface area contributed by atoms with Crippen LogP contribution in [0.2, 0.25) is 0 Å². The number of rotatable bonds is 3. The Kier molecular flexibility index (Phi) is 3.52. The summed E-state index contributed by atoms with van der Waals surface area (Å²) in [5, 5.41) is 0. The Morgan fingerprint density at radius 1 is 1.29 bits per heavy atom. The van der Waals surface area contributed by atoms with Gasteiger partial charge in [-0.25, -0.2) is 8.42 Å². The van der Waals surface area contributed by atoms with Gasteiger partial charge in [-0.15, -0.1) is 0 Å². The molecule has 0 aromatic heterocycles. The second kappa shape index (κ2) is 4.46. The lowest BCUT2D eigenvalue weighted by atomic mass is 10.2. The van der Waals surface area contributed by atoms with Crippen molar-refractivity contribution in [1.82, 2.24) is 0 Å². The number of hydrogen-bond donors (Lipinski definition) is 1. The van der Waals surface area contributed by atoms with Crippen molar-refractivity contribution in [2.75, 3.05) is 0 Å². The lowest BCUT2D eigenvalue weighted by Gasteiger charge is -2.12. The average Bonchev–Trinajstić information content (AvgIpc) is 2.01. The summed E-state index contributed by atoms with van der Waals surface area (Å²) >= 11 is 0.